The van der Waals surface area contributed by atoms with Gasteiger partial charge < -0.3 is 14.8 Å². The van der Waals surface area contributed by atoms with Gasteiger partial charge in [0.25, 0.3) is 0 Å². The molecule has 1 saturated heterocycles. The Morgan fingerprint density at radius 1 is 1.13 bits per heavy atom. The highest BCUT2D eigenvalue weighted by atomic mass is 16.6. The number of hydrogen-bond acceptors (Lipinski definition) is 8. The molecule has 0 aliphatic carbocycles. The Morgan fingerprint density at radius 3 is 2.43 bits per heavy atom. The number of nitro groups is 1. The summed E-state index contributed by atoms with van der Waals surface area (Å²) in [4.78, 5) is 21.2. The van der Waals surface area contributed by atoms with Crippen molar-refractivity contribution in [2.75, 3.05) is 38.7 Å². The van der Waals surface area contributed by atoms with Crippen LogP contribution in [-0.4, -0.2) is 53.2 Å². The van der Waals surface area contributed by atoms with Crippen molar-refractivity contribution in [2.24, 2.45) is 0 Å². The lowest BCUT2D eigenvalue weighted by Crippen LogP contribution is -2.18. The van der Waals surface area contributed by atoms with Crippen LogP contribution in [0.25, 0.3) is 0 Å². The zero-order valence-electron chi connectivity index (χ0n) is 18.0. The number of hydrogen-bond donors (Lipinski definition) is 1. The molecule has 1 fully saturated rings. The average Bonchev–Trinajstić information content (AvgIpc) is 3.28. The molecular formula is C21H31N5O4. The van der Waals surface area contributed by atoms with Gasteiger partial charge in [-0.2, -0.15) is 9.97 Å². The van der Waals surface area contributed by atoms with Gasteiger partial charge in [0, 0.05) is 20.2 Å². The third kappa shape index (κ3) is 7.23. The third-order valence-electron chi connectivity index (χ3n) is 4.55. The third-order valence-corrected chi connectivity index (χ3v) is 4.55. The van der Waals surface area contributed by atoms with Crippen LogP contribution in [0.15, 0.2) is 30.5 Å². The first-order valence-electron chi connectivity index (χ1n) is 10.3. The van der Waals surface area contributed by atoms with E-state index in [0.29, 0.717) is 13.2 Å². The highest BCUT2D eigenvalue weighted by Gasteiger charge is 2.18. The van der Waals surface area contributed by atoms with E-state index in [1.807, 2.05) is 26.0 Å². The maximum atomic E-state index is 11.2. The van der Waals surface area contributed by atoms with Crippen LogP contribution in [-0.2, 0) is 17.8 Å². The summed E-state index contributed by atoms with van der Waals surface area (Å²) in [5, 5.41) is 14.3. The molecule has 0 atom stereocenters. The van der Waals surface area contributed by atoms with E-state index < -0.39 is 4.92 Å². The molecule has 2 aromatic rings. The highest BCUT2D eigenvalue weighted by molar-refractivity contribution is 5.55. The normalized spacial score (nSPS) is 13.4. The standard InChI is InChI=1S/C19H25N5O4.C2H6/c1-27-10-11-28-19-21-13-17(24(25)26)18(22-19)20-12-15-4-6-16(7-5-15)14-23-8-2-3-9-23;1-2/h4-7,13H,2-3,8-12,14H2,1H3,(H,20,21,22);1-2H3. The van der Waals surface area contributed by atoms with Gasteiger partial charge in [-0.15, -0.1) is 0 Å². The fourth-order valence-corrected chi connectivity index (χ4v) is 3.06. The van der Waals surface area contributed by atoms with Crippen LogP contribution in [0.3, 0.4) is 0 Å². The molecule has 1 aromatic heterocycles. The summed E-state index contributed by atoms with van der Waals surface area (Å²) in [6.45, 7) is 8.36. The van der Waals surface area contributed by atoms with E-state index in [9.17, 15) is 10.1 Å². The molecule has 3 rings (SSSR count). The van der Waals surface area contributed by atoms with Gasteiger partial charge in [-0.05, 0) is 37.1 Å². The quantitative estimate of drug-likeness (QED) is 0.355. The number of rotatable bonds is 10. The average molecular weight is 418 g/mol. The maximum Gasteiger partial charge on any atom is 0.329 e. The van der Waals surface area contributed by atoms with Crippen molar-refractivity contribution < 1.29 is 14.4 Å². The largest absolute Gasteiger partial charge is 0.461 e. The van der Waals surface area contributed by atoms with Crippen molar-refractivity contribution >= 4 is 11.5 Å². The fraction of sp³-hybridized carbons (Fsp3) is 0.524. The van der Waals surface area contributed by atoms with Gasteiger partial charge in [0.05, 0.1) is 11.5 Å². The molecule has 0 bridgehead atoms. The summed E-state index contributed by atoms with van der Waals surface area (Å²) >= 11 is 0. The van der Waals surface area contributed by atoms with E-state index in [2.05, 4.69) is 32.3 Å². The second-order valence-electron chi connectivity index (χ2n) is 6.64. The molecule has 2 heterocycles. The van der Waals surface area contributed by atoms with Crippen LogP contribution >= 0.6 is 0 Å². The van der Waals surface area contributed by atoms with E-state index in [-0.39, 0.29) is 24.1 Å². The summed E-state index contributed by atoms with van der Waals surface area (Å²) in [7, 11) is 1.56. The molecule has 1 N–H and O–H groups in total. The maximum absolute atomic E-state index is 11.2. The summed E-state index contributed by atoms with van der Waals surface area (Å²) in [5.74, 6) is 0.133. The smallest absolute Gasteiger partial charge is 0.329 e. The second-order valence-corrected chi connectivity index (χ2v) is 6.64. The molecule has 1 aromatic carbocycles. The Balaban J connectivity index is 0.00000155. The summed E-state index contributed by atoms with van der Waals surface area (Å²) in [5.41, 5.74) is 2.09. The van der Waals surface area contributed by atoms with Gasteiger partial charge in [0.15, 0.2) is 0 Å². The van der Waals surface area contributed by atoms with Crippen LogP contribution in [0, 0.1) is 10.1 Å². The van der Waals surface area contributed by atoms with Crippen molar-refractivity contribution in [3.05, 3.63) is 51.7 Å². The Bertz CT molecular complexity index is 779. The molecule has 1 aliphatic heterocycles. The minimum Gasteiger partial charge on any atom is -0.461 e. The molecule has 1 aliphatic rings. The Kier molecular flexibility index (Phi) is 9.96. The molecule has 0 radical (unpaired) electrons. The van der Waals surface area contributed by atoms with E-state index in [4.69, 9.17) is 9.47 Å². The second kappa shape index (κ2) is 12.7. The van der Waals surface area contributed by atoms with Gasteiger partial charge in [0.1, 0.15) is 12.8 Å². The minimum atomic E-state index is -0.513. The topological polar surface area (TPSA) is 103 Å². The molecule has 9 heteroatoms. The minimum absolute atomic E-state index is 0.0751. The first-order valence-corrected chi connectivity index (χ1v) is 10.3. The summed E-state index contributed by atoms with van der Waals surface area (Å²) in [6, 6.07) is 8.33. The molecule has 0 unspecified atom stereocenters. The SMILES string of the molecule is CC.COCCOc1ncc([N+](=O)[O-])c(NCc2ccc(CN3CCCC3)cc2)n1. The Morgan fingerprint density at radius 2 is 1.80 bits per heavy atom. The van der Waals surface area contributed by atoms with Crippen molar-refractivity contribution in [1.29, 1.82) is 0 Å². The lowest BCUT2D eigenvalue weighted by Gasteiger charge is -2.14. The van der Waals surface area contributed by atoms with Gasteiger partial charge in [-0.1, -0.05) is 38.1 Å². The molecule has 164 valence electrons. The molecule has 30 heavy (non-hydrogen) atoms. The zero-order chi connectivity index (χ0) is 21.8. The molecule has 9 nitrogen and oxygen atoms in total. The Hall–Kier alpha value is -2.78. The van der Waals surface area contributed by atoms with E-state index in [1.54, 1.807) is 7.11 Å². The Labute approximate surface area is 177 Å². The number of benzene rings is 1. The zero-order valence-corrected chi connectivity index (χ0v) is 18.0. The van der Waals surface area contributed by atoms with Crippen LogP contribution in [0.1, 0.15) is 37.8 Å². The predicted molar refractivity (Wildman–Crippen MR) is 116 cm³/mol. The number of methoxy groups -OCH3 is 1. The first-order chi connectivity index (χ1) is 14.7. The van der Waals surface area contributed by atoms with Crippen molar-refractivity contribution in [3.63, 3.8) is 0 Å². The van der Waals surface area contributed by atoms with Crippen LogP contribution in [0.5, 0.6) is 6.01 Å². The fourth-order valence-electron chi connectivity index (χ4n) is 3.06. The number of anilines is 1. The van der Waals surface area contributed by atoms with Crippen molar-refractivity contribution in [1.82, 2.24) is 14.9 Å². The van der Waals surface area contributed by atoms with Gasteiger partial charge in [-0.25, -0.2) is 0 Å². The van der Waals surface area contributed by atoms with Crippen LogP contribution in [0.4, 0.5) is 11.5 Å². The molecular weight excluding hydrogens is 386 g/mol. The summed E-state index contributed by atoms with van der Waals surface area (Å²) in [6.07, 6.45) is 3.70. The lowest BCUT2D eigenvalue weighted by atomic mass is 10.1. The molecule has 0 amide bonds. The highest BCUT2D eigenvalue weighted by Crippen LogP contribution is 2.23. The summed E-state index contributed by atoms with van der Waals surface area (Å²) < 4.78 is 10.2. The number of nitrogens with zero attached hydrogens (tertiary/aromatic N) is 4. The monoisotopic (exact) mass is 417 g/mol. The first kappa shape index (κ1) is 23.5. The van der Waals surface area contributed by atoms with Gasteiger partial charge in [-0.3, -0.25) is 15.0 Å². The van der Waals surface area contributed by atoms with Crippen molar-refractivity contribution in [2.45, 2.75) is 39.8 Å². The van der Waals surface area contributed by atoms with E-state index >= 15 is 0 Å². The van der Waals surface area contributed by atoms with Crippen LogP contribution in [0.2, 0.25) is 0 Å². The van der Waals surface area contributed by atoms with E-state index in [0.717, 1.165) is 31.4 Å². The number of ether oxygens (including phenoxy) is 2. The van der Waals surface area contributed by atoms with Gasteiger partial charge >= 0.3 is 11.7 Å². The van der Waals surface area contributed by atoms with E-state index in [1.165, 1.54) is 18.4 Å². The number of nitrogens with one attached hydrogen (secondary N) is 1. The number of aromatic nitrogens is 2. The molecule has 0 spiro atoms. The molecule has 0 saturated carbocycles. The van der Waals surface area contributed by atoms with Crippen LogP contribution < -0.4 is 10.1 Å². The lowest BCUT2D eigenvalue weighted by molar-refractivity contribution is -0.384. The number of likely N-dealkylation sites (tertiary alicyclic amines) is 1. The van der Waals surface area contributed by atoms with Gasteiger partial charge in [0.2, 0.25) is 5.82 Å². The van der Waals surface area contributed by atoms with Crippen molar-refractivity contribution in [3.8, 4) is 6.01 Å². The predicted octanol–water partition coefficient (Wildman–Crippen LogP) is 3.64.